The third kappa shape index (κ3) is 1.76. The van der Waals surface area contributed by atoms with Crippen molar-refractivity contribution in [3.63, 3.8) is 0 Å². The van der Waals surface area contributed by atoms with E-state index in [-0.39, 0.29) is 10.3 Å². The Balaban J connectivity index is 2.77. The number of fused-ring (bicyclic) bond motifs is 1. The summed E-state index contributed by atoms with van der Waals surface area (Å²) in [5, 5.41) is 0.278. The normalized spacial score (nSPS) is 12.9. The van der Waals surface area contributed by atoms with Gasteiger partial charge >= 0.3 is 0 Å². The first-order valence-corrected chi connectivity index (χ1v) is 6.76. The number of benzene rings is 1. The molecule has 0 aliphatic heterocycles. The van der Waals surface area contributed by atoms with E-state index in [0.29, 0.717) is 5.52 Å². The van der Waals surface area contributed by atoms with Gasteiger partial charge in [0.2, 0.25) is 0 Å². The molecule has 1 aromatic heterocycles. The van der Waals surface area contributed by atoms with Gasteiger partial charge in [0, 0.05) is 11.6 Å². The molecule has 0 N–H and O–H groups in total. The van der Waals surface area contributed by atoms with Gasteiger partial charge in [-0.1, -0.05) is 18.7 Å². The lowest BCUT2D eigenvalue weighted by Gasteiger charge is -2.07. The monoisotopic (exact) mass is 265 g/mol. The summed E-state index contributed by atoms with van der Waals surface area (Å²) in [6.45, 7) is 5.08. The number of halogens is 1. The van der Waals surface area contributed by atoms with E-state index in [1.165, 1.54) is 36.5 Å². The van der Waals surface area contributed by atoms with E-state index in [9.17, 15) is 12.8 Å². The van der Waals surface area contributed by atoms with E-state index in [0.717, 1.165) is 3.97 Å². The first-order chi connectivity index (χ1) is 8.52. The van der Waals surface area contributed by atoms with Crippen molar-refractivity contribution < 1.29 is 12.8 Å². The Kier molecular flexibility index (Phi) is 3.09. The third-order valence-electron chi connectivity index (χ3n) is 2.69. The zero-order valence-electron chi connectivity index (χ0n) is 9.80. The molecule has 0 aliphatic carbocycles. The van der Waals surface area contributed by atoms with Crippen molar-refractivity contribution in [2.75, 3.05) is 0 Å². The Bertz CT molecular complexity index is 741. The molecule has 18 heavy (non-hydrogen) atoms. The SMILES string of the molecule is C=C/C(=C\C)S(=O)(=O)n1ccc2c(F)cccc21. The van der Waals surface area contributed by atoms with Gasteiger partial charge in [0.1, 0.15) is 5.82 Å². The van der Waals surface area contributed by atoms with E-state index < -0.39 is 15.8 Å². The Hall–Kier alpha value is -1.88. The molecule has 0 fully saturated rings. The Morgan fingerprint density at radius 2 is 2.11 bits per heavy atom. The topological polar surface area (TPSA) is 39.1 Å². The number of allylic oxidation sites excluding steroid dienone is 2. The molecule has 0 atom stereocenters. The van der Waals surface area contributed by atoms with Crippen LogP contribution >= 0.6 is 0 Å². The lowest BCUT2D eigenvalue weighted by molar-refractivity contribution is 0.596. The van der Waals surface area contributed by atoms with Crippen LogP contribution in [0.2, 0.25) is 0 Å². The van der Waals surface area contributed by atoms with Crippen LogP contribution in [-0.4, -0.2) is 12.4 Å². The number of rotatable bonds is 3. The highest BCUT2D eigenvalue weighted by Gasteiger charge is 2.19. The van der Waals surface area contributed by atoms with Crippen LogP contribution in [0, 0.1) is 5.82 Å². The molecule has 0 unspecified atom stereocenters. The van der Waals surface area contributed by atoms with Crippen molar-refractivity contribution in [3.05, 3.63) is 59.9 Å². The van der Waals surface area contributed by atoms with Crippen molar-refractivity contribution in [2.45, 2.75) is 6.92 Å². The Labute approximate surface area is 105 Å². The Morgan fingerprint density at radius 1 is 1.39 bits per heavy atom. The molecule has 1 aromatic carbocycles. The molecule has 5 heteroatoms. The molecule has 94 valence electrons. The standard InChI is InChI=1S/C13H12FNO2S/c1-3-10(4-2)18(16,17)15-9-8-11-12(14)6-5-7-13(11)15/h3-9H,1H2,2H3/b10-4+. The van der Waals surface area contributed by atoms with Gasteiger partial charge in [-0.25, -0.2) is 16.8 Å². The van der Waals surface area contributed by atoms with Crippen LogP contribution in [0.15, 0.2) is 54.1 Å². The maximum atomic E-state index is 13.5. The quantitative estimate of drug-likeness (QED) is 0.800. The van der Waals surface area contributed by atoms with Crippen LogP contribution in [0.4, 0.5) is 4.39 Å². The van der Waals surface area contributed by atoms with Gasteiger partial charge in [0.05, 0.1) is 10.4 Å². The summed E-state index contributed by atoms with van der Waals surface area (Å²) in [6, 6.07) is 5.78. The maximum Gasteiger partial charge on any atom is 0.267 e. The van der Waals surface area contributed by atoms with Crippen LogP contribution < -0.4 is 0 Å². The highest BCUT2D eigenvalue weighted by atomic mass is 32.2. The summed E-state index contributed by atoms with van der Waals surface area (Å²) in [4.78, 5) is 0.0873. The minimum absolute atomic E-state index is 0.0873. The minimum atomic E-state index is -3.71. The molecule has 1 heterocycles. The number of aromatic nitrogens is 1. The third-order valence-corrected chi connectivity index (χ3v) is 4.52. The van der Waals surface area contributed by atoms with Gasteiger partial charge < -0.3 is 0 Å². The molecular weight excluding hydrogens is 253 g/mol. The fourth-order valence-electron chi connectivity index (χ4n) is 1.80. The predicted molar refractivity (Wildman–Crippen MR) is 70.2 cm³/mol. The zero-order chi connectivity index (χ0) is 13.3. The van der Waals surface area contributed by atoms with E-state index in [1.54, 1.807) is 13.0 Å². The smallest absolute Gasteiger partial charge is 0.241 e. The molecule has 0 spiro atoms. The largest absolute Gasteiger partial charge is 0.267 e. The van der Waals surface area contributed by atoms with E-state index in [4.69, 9.17) is 0 Å². The van der Waals surface area contributed by atoms with Crippen LogP contribution in [-0.2, 0) is 10.0 Å². The van der Waals surface area contributed by atoms with Crippen molar-refractivity contribution in [3.8, 4) is 0 Å². The fraction of sp³-hybridized carbons (Fsp3) is 0.0769. The summed E-state index contributed by atoms with van der Waals surface area (Å²) in [7, 11) is -3.71. The zero-order valence-corrected chi connectivity index (χ0v) is 10.6. The van der Waals surface area contributed by atoms with Crippen LogP contribution in [0.25, 0.3) is 10.9 Å². The molecular formula is C13H12FNO2S. The van der Waals surface area contributed by atoms with Crippen LogP contribution in [0.5, 0.6) is 0 Å². The number of nitrogens with zero attached hydrogens (tertiary/aromatic N) is 1. The second-order valence-electron chi connectivity index (χ2n) is 3.68. The highest BCUT2D eigenvalue weighted by Crippen LogP contribution is 2.23. The van der Waals surface area contributed by atoms with Gasteiger partial charge in [-0.2, -0.15) is 0 Å². The van der Waals surface area contributed by atoms with Gasteiger partial charge in [-0.15, -0.1) is 0 Å². The van der Waals surface area contributed by atoms with E-state index in [1.807, 2.05) is 0 Å². The summed E-state index contributed by atoms with van der Waals surface area (Å²) in [5.74, 6) is -0.443. The molecule has 0 saturated heterocycles. The first-order valence-electron chi connectivity index (χ1n) is 5.32. The van der Waals surface area contributed by atoms with Crippen molar-refractivity contribution in [2.24, 2.45) is 0 Å². The fourth-order valence-corrected chi connectivity index (χ4v) is 3.18. The lowest BCUT2D eigenvalue weighted by Crippen LogP contribution is -2.12. The summed E-state index contributed by atoms with van der Waals surface area (Å²) < 4.78 is 39.1. The van der Waals surface area contributed by atoms with Gasteiger partial charge in [0.15, 0.2) is 0 Å². The van der Waals surface area contributed by atoms with Crippen LogP contribution in [0.1, 0.15) is 6.92 Å². The molecule has 2 rings (SSSR count). The number of hydrogen-bond acceptors (Lipinski definition) is 2. The second-order valence-corrected chi connectivity index (χ2v) is 5.50. The van der Waals surface area contributed by atoms with Crippen LogP contribution in [0.3, 0.4) is 0 Å². The van der Waals surface area contributed by atoms with E-state index in [2.05, 4.69) is 6.58 Å². The van der Waals surface area contributed by atoms with Gasteiger partial charge in [0.25, 0.3) is 10.0 Å². The van der Waals surface area contributed by atoms with Gasteiger partial charge in [-0.05, 0) is 31.2 Å². The minimum Gasteiger partial charge on any atom is -0.241 e. The highest BCUT2D eigenvalue weighted by molar-refractivity contribution is 7.94. The average Bonchev–Trinajstić information content (AvgIpc) is 2.76. The molecule has 0 bridgehead atoms. The molecule has 0 amide bonds. The summed E-state index contributed by atoms with van der Waals surface area (Å²) in [6.07, 6.45) is 4.06. The summed E-state index contributed by atoms with van der Waals surface area (Å²) in [5.41, 5.74) is 0.316. The number of hydrogen-bond donors (Lipinski definition) is 0. The molecule has 0 radical (unpaired) electrons. The Morgan fingerprint density at radius 3 is 2.72 bits per heavy atom. The molecule has 3 nitrogen and oxygen atoms in total. The predicted octanol–water partition coefficient (Wildman–Crippen LogP) is 3.05. The van der Waals surface area contributed by atoms with Gasteiger partial charge in [-0.3, -0.25) is 0 Å². The molecule has 0 saturated carbocycles. The average molecular weight is 265 g/mol. The second kappa shape index (κ2) is 4.42. The lowest BCUT2D eigenvalue weighted by atomic mass is 10.2. The molecule has 0 aliphatic rings. The van der Waals surface area contributed by atoms with Crippen molar-refractivity contribution >= 4 is 20.9 Å². The molecule has 2 aromatic rings. The van der Waals surface area contributed by atoms with Crippen molar-refractivity contribution in [1.29, 1.82) is 0 Å². The van der Waals surface area contributed by atoms with E-state index >= 15 is 0 Å². The summed E-state index contributed by atoms with van der Waals surface area (Å²) >= 11 is 0. The maximum absolute atomic E-state index is 13.5. The van der Waals surface area contributed by atoms with Crippen molar-refractivity contribution in [1.82, 2.24) is 3.97 Å². The first kappa shape index (κ1) is 12.6.